The molecule has 1 heterocycles. The molecule has 2 rings (SSSR count). The topological polar surface area (TPSA) is 119 Å². The van der Waals surface area contributed by atoms with Gasteiger partial charge in [-0.25, -0.2) is 8.42 Å². The third-order valence-electron chi connectivity index (χ3n) is 2.51. The smallest absolute Gasteiger partial charge is 0.179 e. The van der Waals surface area contributed by atoms with E-state index in [0.29, 0.717) is 11.3 Å². The van der Waals surface area contributed by atoms with Gasteiger partial charge in [0.25, 0.3) is 0 Å². The molecule has 1 aromatic heterocycles. The van der Waals surface area contributed by atoms with Gasteiger partial charge in [0.05, 0.1) is 10.6 Å². The van der Waals surface area contributed by atoms with Crippen molar-refractivity contribution in [2.24, 2.45) is 10.9 Å². The van der Waals surface area contributed by atoms with Crippen molar-refractivity contribution in [3.63, 3.8) is 0 Å². The SMILES string of the molecule is N/C(=N/O)c1cccc(S(=O)(=O)CCSc2nncs2)c1. The lowest BCUT2D eigenvalue weighted by Crippen LogP contribution is -2.15. The molecule has 112 valence electrons. The van der Waals surface area contributed by atoms with E-state index in [1.165, 1.54) is 35.2 Å². The maximum atomic E-state index is 12.2. The lowest BCUT2D eigenvalue weighted by molar-refractivity contribution is 0.318. The van der Waals surface area contributed by atoms with Gasteiger partial charge < -0.3 is 10.9 Å². The first-order valence-corrected chi connectivity index (χ1v) is 9.24. The highest BCUT2D eigenvalue weighted by Crippen LogP contribution is 2.21. The van der Waals surface area contributed by atoms with Crippen LogP contribution in [0, 0.1) is 0 Å². The molecule has 0 fully saturated rings. The number of nitrogens with zero attached hydrogens (tertiary/aromatic N) is 3. The van der Waals surface area contributed by atoms with Crippen LogP contribution in [0.15, 0.2) is 44.2 Å². The molecule has 0 aliphatic rings. The number of amidine groups is 1. The number of hydrogen-bond acceptors (Lipinski definition) is 8. The molecule has 0 aliphatic heterocycles. The van der Waals surface area contributed by atoms with Gasteiger partial charge in [0.2, 0.25) is 0 Å². The van der Waals surface area contributed by atoms with E-state index in [2.05, 4.69) is 15.4 Å². The van der Waals surface area contributed by atoms with Crippen LogP contribution in [-0.2, 0) is 9.84 Å². The van der Waals surface area contributed by atoms with Crippen LogP contribution in [0.4, 0.5) is 0 Å². The first-order chi connectivity index (χ1) is 10.0. The third kappa shape index (κ3) is 4.16. The molecule has 0 atom stereocenters. The zero-order chi connectivity index (χ0) is 15.3. The molecule has 2 aromatic rings. The van der Waals surface area contributed by atoms with Crippen molar-refractivity contribution >= 4 is 38.8 Å². The van der Waals surface area contributed by atoms with E-state index in [0.717, 1.165) is 4.34 Å². The molecule has 0 spiro atoms. The van der Waals surface area contributed by atoms with Crippen LogP contribution in [0.2, 0.25) is 0 Å². The summed E-state index contributed by atoms with van der Waals surface area (Å²) < 4.78 is 25.2. The van der Waals surface area contributed by atoms with E-state index in [9.17, 15) is 8.42 Å². The van der Waals surface area contributed by atoms with E-state index < -0.39 is 9.84 Å². The van der Waals surface area contributed by atoms with Crippen molar-refractivity contribution in [2.75, 3.05) is 11.5 Å². The van der Waals surface area contributed by atoms with E-state index in [1.807, 2.05) is 0 Å². The van der Waals surface area contributed by atoms with Gasteiger partial charge in [-0.15, -0.1) is 10.2 Å². The van der Waals surface area contributed by atoms with Crippen LogP contribution in [-0.4, -0.2) is 41.2 Å². The quantitative estimate of drug-likeness (QED) is 0.266. The summed E-state index contributed by atoms with van der Waals surface area (Å²) in [5.41, 5.74) is 7.41. The van der Waals surface area contributed by atoms with Crippen LogP contribution in [0.5, 0.6) is 0 Å². The van der Waals surface area contributed by atoms with E-state index >= 15 is 0 Å². The minimum atomic E-state index is -3.43. The summed E-state index contributed by atoms with van der Waals surface area (Å²) in [7, 11) is -3.43. The molecular weight excluding hydrogens is 332 g/mol. The summed E-state index contributed by atoms with van der Waals surface area (Å²) in [5, 5.41) is 19.0. The van der Waals surface area contributed by atoms with Crippen molar-refractivity contribution in [2.45, 2.75) is 9.24 Å². The maximum absolute atomic E-state index is 12.2. The number of thioether (sulfide) groups is 1. The van der Waals surface area contributed by atoms with Crippen molar-refractivity contribution in [1.29, 1.82) is 0 Å². The summed E-state index contributed by atoms with van der Waals surface area (Å²) in [6.45, 7) is 0. The molecule has 0 unspecified atom stereocenters. The second-order valence-electron chi connectivity index (χ2n) is 3.89. The van der Waals surface area contributed by atoms with Gasteiger partial charge >= 0.3 is 0 Å². The summed E-state index contributed by atoms with van der Waals surface area (Å²) in [5.74, 6) is 0.220. The van der Waals surface area contributed by atoms with Crippen molar-refractivity contribution in [1.82, 2.24) is 10.2 Å². The van der Waals surface area contributed by atoms with Gasteiger partial charge in [0.15, 0.2) is 20.0 Å². The molecule has 3 N–H and O–H groups in total. The number of nitrogens with two attached hydrogens (primary N) is 1. The minimum Gasteiger partial charge on any atom is -0.409 e. The second kappa shape index (κ2) is 6.87. The number of sulfone groups is 1. The Morgan fingerprint density at radius 1 is 1.48 bits per heavy atom. The zero-order valence-electron chi connectivity index (χ0n) is 10.7. The molecule has 0 saturated carbocycles. The standard InChI is InChI=1S/C11H12N4O3S3/c12-10(15-16)8-2-1-3-9(6-8)21(17,18)5-4-19-11-14-13-7-20-11/h1-3,6-7,16H,4-5H2,(H2,12,15). The first kappa shape index (κ1) is 15.7. The Bertz CT molecular complexity index is 729. The van der Waals surface area contributed by atoms with Crippen LogP contribution in [0.3, 0.4) is 0 Å². The van der Waals surface area contributed by atoms with Crippen molar-refractivity contribution in [3.8, 4) is 0 Å². The average Bonchev–Trinajstić information content (AvgIpc) is 2.99. The fraction of sp³-hybridized carbons (Fsp3) is 0.182. The molecule has 7 nitrogen and oxygen atoms in total. The van der Waals surface area contributed by atoms with Gasteiger partial charge in [-0.3, -0.25) is 0 Å². The Balaban J connectivity index is 2.08. The molecular formula is C11H12N4O3S3. The van der Waals surface area contributed by atoms with Gasteiger partial charge in [-0.2, -0.15) is 0 Å². The van der Waals surface area contributed by atoms with Crippen LogP contribution < -0.4 is 5.73 Å². The number of rotatable bonds is 6. The Kier molecular flexibility index (Phi) is 5.15. The van der Waals surface area contributed by atoms with Crippen LogP contribution in [0.1, 0.15) is 5.56 Å². The highest BCUT2D eigenvalue weighted by molar-refractivity contribution is 8.02. The van der Waals surface area contributed by atoms with E-state index in [1.54, 1.807) is 17.6 Å². The second-order valence-corrected chi connectivity index (χ2v) is 8.17. The molecule has 0 radical (unpaired) electrons. The fourth-order valence-corrected chi connectivity index (χ4v) is 4.74. The zero-order valence-corrected chi connectivity index (χ0v) is 13.2. The van der Waals surface area contributed by atoms with E-state index in [4.69, 9.17) is 10.9 Å². The number of hydrogen-bond donors (Lipinski definition) is 2. The summed E-state index contributed by atoms with van der Waals surface area (Å²) in [6, 6.07) is 6.00. The normalized spacial score (nSPS) is 12.5. The van der Waals surface area contributed by atoms with Gasteiger partial charge in [-0.1, -0.05) is 40.4 Å². The highest BCUT2D eigenvalue weighted by Gasteiger charge is 2.16. The summed E-state index contributed by atoms with van der Waals surface area (Å²) in [6.07, 6.45) is 0. The first-order valence-electron chi connectivity index (χ1n) is 5.72. The van der Waals surface area contributed by atoms with Crippen LogP contribution in [0.25, 0.3) is 0 Å². The number of benzene rings is 1. The predicted octanol–water partition coefficient (Wildman–Crippen LogP) is 1.20. The maximum Gasteiger partial charge on any atom is 0.179 e. The molecule has 10 heteroatoms. The van der Waals surface area contributed by atoms with Gasteiger partial charge in [0, 0.05) is 11.3 Å². The van der Waals surface area contributed by atoms with Crippen molar-refractivity contribution < 1.29 is 13.6 Å². The molecule has 1 aromatic carbocycles. The largest absolute Gasteiger partial charge is 0.409 e. The molecule has 0 bridgehead atoms. The Hall–Kier alpha value is -1.65. The lowest BCUT2D eigenvalue weighted by atomic mass is 10.2. The summed E-state index contributed by atoms with van der Waals surface area (Å²) in [4.78, 5) is 0.143. The number of aromatic nitrogens is 2. The number of oxime groups is 1. The Labute approximate surface area is 129 Å². The highest BCUT2D eigenvalue weighted by atomic mass is 32.2. The third-order valence-corrected chi connectivity index (χ3v) is 6.35. The molecule has 0 aliphatic carbocycles. The van der Waals surface area contributed by atoms with E-state index in [-0.39, 0.29) is 16.5 Å². The lowest BCUT2D eigenvalue weighted by Gasteiger charge is -2.05. The monoisotopic (exact) mass is 344 g/mol. The Morgan fingerprint density at radius 3 is 2.95 bits per heavy atom. The minimum absolute atomic E-state index is 0.0309. The van der Waals surface area contributed by atoms with Gasteiger partial charge in [-0.05, 0) is 12.1 Å². The fourth-order valence-electron chi connectivity index (χ4n) is 1.49. The van der Waals surface area contributed by atoms with Crippen LogP contribution >= 0.6 is 23.1 Å². The molecule has 0 amide bonds. The Morgan fingerprint density at radius 2 is 2.29 bits per heavy atom. The average molecular weight is 344 g/mol. The van der Waals surface area contributed by atoms with Crippen molar-refractivity contribution in [3.05, 3.63) is 35.3 Å². The predicted molar refractivity (Wildman–Crippen MR) is 81.6 cm³/mol. The van der Waals surface area contributed by atoms with Gasteiger partial charge in [0.1, 0.15) is 5.51 Å². The molecule has 0 saturated heterocycles. The molecule has 21 heavy (non-hydrogen) atoms. The summed E-state index contributed by atoms with van der Waals surface area (Å²) >= 11 is 2.71.